The molecule has 0 atom stereocenters. The molecule has 2 amide bonds. The van der Waals surface area contributed by atoms with Gasteiger partial charge >= 0.3 is 0 Å². The van der Waals surface area contributed by atoms with Gasteiger partial charge in [-0.1, -0.05) is 29.3 Å². The summed E-state index contributed by atoms with van der Waals surface area (Å²) in [5.74, 6) is -0.0305. The number of hydrogen-bond donors (Lipinski definition) is 1. The van der Waals surface area contributed by atoms with Crippen molar-refractivity contribution in [3.63, 3.8) is 0 Å². The molecule has 1 N–H and O–H groups in total. The Morgan fingerprint density at radius 3 is 2.41 bits per heavy atom. The number of carbonyl (C=O) groups is 2. The fourth-order valence-electron chi connectivity index (χ4n) is 2.39. The molecular weight excluding hydrogens is 325 g/mol. The Kier molecular flexibility index (Phi) is 6.06. The van der Waals surface area contributed by atoms with Gasteiger partial charge in [-0.05, 0) is 19.2 Å². The number of nitrogens with zero attached hydrogens (tertiary/aromatic N) is 2. The average molecular weight is 344 g/mol. The topological polar surface area (TPSA) is 52.7 Å². The first-order valence-electron chi connectivity index (χ1n) is 7.20. The van der Waals surface area contributed by atoms with Crippen molar-refractivity contribution in [1.82, 2.24) is 15.1 Å². The minimum Gasteiger partial charge on any atom is -0.339 e. The maximum atomic E-state index is 12.5. The Morgan fingerprint density at radius 1 is 1.14 bits per heavy atom. The van der Waals surface area contributed by atoms with Crippen LogP contribution in [0.15, 0.2) is 18.2 Å². The van der Waals surface area contributed by atoms with Crippen LogP contribution in [-0.4, -0.2) is 61.4 Å². The number of piperazine rings is 1. The van der Waals surface area contributed by atoms with Crippen LogP contribution >= 0.6 is 23.2 Å². The van der Waals surface area contributed by atoms with E-state index in [-0.39, 0.29) is 16.8 Å². The molecule has 1 aromatic carbocycles. The van der Waals surface area contributed by atoms with E-state index in [0.717, 1.165) is 0 Å². The predicted molar refractivity (Wildman–Crippen MR) is 87.5 cm³/mol. The summed E-state index contributed by atoms with van der Waals surface area (Å²) in [6, 6.07) is 5.03. The summed E-state index contributed by atoms with van der Waals surface area (Å²) >= 11 is 12.0. The lowest BCUT2D eigenvalue weighted by molar-refractivity contribution is -0.132. The van der Waals surface area contributed by atoms with Gasteiger partial charge in [-0.15, -0.1) is 0 Å². The molecule has 7 heteroatoms. The van der Waals surface area contributed by atoms with E-state index in [9.17, 15) is 9.59 Å². The van der Waals surface area contributed by atoms with E-state index in [2.05, 4.69) is 5.32 Å². The van der Waals surface area contributed by atoms with Crippen molar-refractivity contribution in [3.05, 3.63) is 33.8 Å². The molecule has 0 aromatic heterocycles. The number of rotatable bonds is 4. The van der Waals surface area contributed by atoms with Crippen LogP contribution in [0.4, 0.5) is 0 Å². The zero-order valence-corrected chi connectivity index (χ0v) is 14.0. The molecule has 1 heterocycles. The van der Waals surface area contributed by atoms with Crippen LogP contribution < -0.4 is 5.32 Å². The van der Waals surface area contributed by atoms with Crippen LogP contribution in [0.1, 0.15) is 16.8 Å². The SMILES string of the molecule is CNCCC(=O)N1CCN(C(=O)c2cccc(Cl)c2Cl)CC1. The van der Waals surface area contributed by atoms with Crippen LogP contribution in [0.25, 0.3) is 0 Å². The molecule has 0 saturated carbocycles. The third kappa shape index (κ3) is 3.91. The second-order valence-corrected chi connectivity index (χ2v) is 5.91. The van der Waals surface area contributed by atoms with Gasteiger partial charge < -0.3 is 15.1 Å². The summed E-state index contributed by atoms with van der Waals surface area (Å²) in [7, 11) is 1.82. The average Bonchev–Trinajstić information content (AvgIpc) is 2.54. The number of benzene rings is 1. The molecule has 5 nitrogen and oxygen atoms in total. The highest BCUT2D eigenvalue weighted by Crippen LogP contribution is 2.26. The van der Waals surface area contributed by atoms with Gasteiger partial charge in [0.05, 0.1) is 15.6 Å². The van der Waals surface area contributed by atoms with Crippen molar-refractivity contribution in [1.29, 1.82) is 0 Å². The van der Waals surface area contributed by atoms with Crippen molar-refractivity contribution in [2.45, 2.75) is 6.42 Å². The summed E-state index contributed by atoms with van der Waals surface area (Å²) in [5, 5.41) is 3.61. The van der Waals surface area contributed by atoms with E-state index in [1.807, 2.05) is 7.05 Å². The Labute approximate surface area is 140 Å². The van der Waals surface area contributed by atoms with E-state index in [1.165, 1.54) is 0 Å². The van der Waals surface area contributed by atoms with Crippen molar-refractivity contribution in [3.8, 4) is 0 Å². The molecule has 120 valence electrons. The van der Waals surface area contributed by atoms with Crippen molar-refractivity contribution in [2.75, 3.05) is 39.8 Å². The molecule has 1 fully saturated rings. The van der Waals surface area contributed by atoms with Gasteiger partial charge in [-0.25, -0.2) is 0 Å². The fraction of sp³-hybridized carbons (Fsp3) is 0.467. The Bertz CT molecular complexity index is 558. The summed E-state index contributed by atoms with van der Waals surface area (Å²) in [6.07, 6.45) is 0.477. The molecule has 1 aromatic rings. The van der Waals surface area contributed by atoms with Gasteiger partial charge in [0.1, 0.15) is 0 Å². The fourth-order valence-corrected chi connectivity index (χ4v) is 2.77. The predicted octanol–water partition coefficient (Wildman–Crippen LogP) is 1.89. The third-order valence-corrected chi connectivity index (χ3v) is 4.51. The van der Waals surface area contributed by atoms with Crippen LogP contribution in [0.3, 0.4) is 0 Å². The van der Waals surface area contributed by atoms with Crippen LogP contribution in [-0.2, 0) is 4.79 Å². The standard InChI is InChI=1S/C15H19Cl2N3O2/c1-18-6-5-13(21)19-7-9-20(10-8-19)15(22)11-3-2-4-12(16)14(11)17/h2-4,18H,5-10H2,1H3. The molecule has 1 aliphatic rings. The Balaban J connectivity index is 1.95. The summed E-state index contributed by atoms with van der Waals surface area (Å²) in [5.41, 5.74) is 0.407. The molecule has 1 aliphatic heterocycles. The maximum absolute atomic E-state index is 12.5. The normalized spacial score (nSPS) is 15.0. The van der Waals surface area contributed by atoms with Gasteiger partial charge in [-0.2, -0.15) is 0 Å². The van der Waals surface area contributed by atoms with Crippen LogP contribution in [0.5, 0.6) is 0 Å². The monoisotopic (exact) mass is 343 g/mol. The zero-order chi connectivity index (χ0) is 16.1. The lowest BCUT2D eigenvalue weighted by Crippen LogP contribution is -2.50. The molecule has 2 rings (SSSR count). The van der Waals surface area contributed by atoms with Gasteiger partial charge in [0.2, 0.25) is 5.91 Å². The van der Waals surface area contributed by atoms with Crippen LogP contribution in [0, 0.1) is 0 Å². The highest BCUT2D eigenvalue weighted by molar-refractivity contribution is 6.43. The maximum Gasteiger partial charge on any atom is 0.255 e. The minimum absolute atomic E-state index is 0.113. The van der Waals surface area contributed by atoms with Gasteiger partial charge in [-0.3, -0.25) is 9.59 Å². The lowest BCUT2D eigenvalue weighted by Gasteiger charge is -2.35. The van der Waals surface area contributed by atoms with E-state index < -0.39 is 0 Å². The molecule has 0 radical (unpaired) electrons. The summed E-state index contributed by atoms with van der Waals surface area (Å²) in [4.78, 5) is 27.9. The highest BCUT2D eigenvalue weighted by Gasteiger charge is 2.25. The van der Waals surface area contributed by atoms with Gasteiger partial charge in [0.15, 0.2) is 0 Å². The second kappa shape index (κ2) is 7.81. The first kappa shape index (κ1) is 17.1. The van der Waals surface area contributed by atoms with Crippen LogP contribution in [0.2, 0.25) is 10.0 Å². The van der Waals surface area contributed by atoms with E-state index in [4.69, 9.17) is 23.2 Å². The van der Waals surface area contributed by atoms with E-state index in [0.29, 0.717) is 49.7 Å². The van der Waals surface area contributed by atoms with Gasteiger partial charge in [0.25, 0.3) is 5.91 Å². The Hall–Kier alpha value is -1.30. The molecule has 0 unspecified atom stereocenters. The third-order valence-electron chi connectivity index (χ3n) is 3.69. The van der Waals surface area contributed by atoms with Crippen molar-refractivity contribution >= 4 is 35.0 Å². The summed E-state index contributed by atoms with van der Waals surface area (Å²) in [6.45, 7) is 2.77. The number of amides is 2. The molecule has 0 spiro atoms. The number of carbonyl (C=O) groups excluding carboxylic acids is 2. The molecule has 22 heavy (non-hydrogen) atoms. The number of hydrogen-bond acceptors (Lipinski definition) is 3. The largest absolute Gasteiger partial charge is 0.339 e. The molecular formula is C15H19Cl2N3O2. The quantitative estimate of drug-likeness (QED) is 0.908. The summed E-state index contributed by atoms with van der Waals surface area (Å²) < 4.78 is 0. The van der Waals surface area contributed by atoms with Crippen molar-refractivity contribution < 1.29 is 9.59 Å². The lowest BCUT2D eigenvalue weighted by atomic mass is 10.1. The first-order chi connectivity index (χ1) is 10.5. The van der Waals surface area contributed by atoms with Crippen molar-refractivity contribution in [2.24, 2.45) is 0 Å². The Morgan fingerprint density at radius 2 is 1.77 bits per heavy atom. The molecule has 1 saturated heterocycles. The van der Waals surface area contributed by atoms with E-state index in [1.54, 1.807) is 28.0 Å². The number of halogens is 2. The zero-order valence-electron chi connectivity index (χ0n) is 12.4. The van der Waals surface area contributed by atoms with Gasteiger partial charge in [0, 0.05) is 39.1 Å². The smallest absolute Gasteiger partial charge is 0.255 e. The molecule has 0 bridgehead atoms. The number of nitrogens with one attached hydrogen (secondary N) is 1. The first-order valence-corrected chi connectivity index (χ1v) is 7.96. The highest BCUT2D eigenvalue weighted by atomic mass is 35.5. The molecule has 0 aliphatic carbocycles. The second-order valence-electron chi connectivity index (χ2n) is 5.13. The minimum atomic E-state index is -0.144. The van der Waals surface area contributed by atoms with E-state index >= 15 is 0 Å².